The molecule has 1 aromatic heterocycles. The molecule has 0 bridgehead atoms. The molecule has 0 aliphatic rings. The fourth-order valence-electron chi connectivity index (χ4n) is 1.19. The number of H-pyrrole nitrogens is 1. The van der Waals surface area contributed by atoms with Gasteiger partial charge in [-0.15, -0.1) is 0 Å². The van der Waals surface area contributed by atoms with Crippen molar-refractivity contribution >= 4 is 34.8 Å². The van der Waals surface area contributed by atoms with Crippen LogP contribution in [-0.4, -0.2) is 22.3 Å². The van der Waals surface area contributed by atoms with Crippen molar-refractivity contribution in [2.75, 3.05) is 0 Å². The van der Waals surface area contributed by atoms with Crippen LogP contribution in [0.15, 0.2) is 0 Å². The number of halogens is 1. The van der Waals surface area contributed by atoms with E-state index in [1.165, 1.54) is 0 Å². The lowest BCUT2D eigenvalue weighted by Gasteiger charge is -1.95. The highest BCUT2D eigenvalue weighted by atomic mass is 127. The molecule has 1 rings (SSSR count). The van der Waals surface area contributed by atoms with Crippen molar-refractivity contribution in [3.63, 3.8) is 0 Å². The molecule has 13 heavy (non-hydrogen) atoms. The minimum absolute atomic E-state index is 0.0990. The molecule has 2 N–H and O–H groups in total. The molecular weight excluding hydrogens is 285 g/mol. The number of nitrogens with one attached hydrogen (secondary N) is 1. The summed E-state index contributed by atoms with van der Waals surface area (Å²) in [6.07, 6.45) is 1.13. The Labute approximate surface area is 88.5 Å². The monoisotopic (exact) mass is 293 g/mol. The van der Waals surface area contributed by atoms with E-state index in [1.807, 2.05) is 29.5 Å². The minimum atomic E-state index is -1.06. The van der Waals surface area contributed by atoms with E-state index in [-0.39, 0.29) is 11.3 Å². The Kier molecular flexibility index (Phi) is 3.07. The fraction of sp³-hybridized carbons (Fsp3) is 0.250. The third kappa shape index (κ3) is 1.74. The quantitative estimate of drug-likeness (QED) is 0.658. The number of rotatable bonds is 3. The molecule has 0 aliphatic heterocycles. The smallest absolute Gasteiger partial charge is 0.338 e. The van der Waals surface area contributed by atoms with E-state index in [2.05, 4.69) is 4.98 Å². The van der Waals surface area contributed by atoms with Crippen molar-refractivity contribution < 1.29 is 14.7 Å². The summed E-state index contributed by atoms with van der Waals surface area (Å²) in [5.41, 5.74) is 0.936. The summed E-state index contributed by atoms with van der Waals surface area (Å²) >= 11 is 1.99. The molecule has 0 aliphatic carbocycles. The van der Waals surface area contributed by atoms with Gasteiger partial charge in [0.15, 0.2) is 6.29 Å². The molecular formula is C8H8INO3. The first-order valence-corrected chi connectivity index (χ1v) is 4.78. The Balaban J connectivity index is 3.40. The van der Waals surface area contributed by atoms with Gasteiger partial charge in [0.1, 0.15) is 0 Å². The molecule has 70 valence electrons. The highest BCUT2D eigenvalue weighted by molar-refractivity contribution is 14.1. The van der Waals surface area contributed by atoms with Crippen LogP contribution in [0.5, 0.6) is 0 Å². The molecule has 4 nitrogen and oxygen atoms in total. The first-order valence-electron chi connectivity index (χ1n) is 3.70. The number of carboxylic acid groups (broad SMARTS) is 1. The molecule has 0 aromatic carbocycles. The zero-order chi connectivity index (χ0) is 10.0. The van der Waals surface area contributed by atoms with E-state index in [0.717, 1.165) is 3.70 Å². The lowest BCUT2D eigenvalue weighted by atomic mass is 10.1. The Hall–Kier alpha value is -0.850. The number of aromatic carboxylic acids is 1. The highest BCUT2D eigenvalue weighted by Gasteiger charge is 2.19. The van der Waals surface area contributed by atoms with Crippen LogP contribution in [0.4, 0.5) is 0 Å². The van der Waals surface area contributed by atoms with Gasteiger partial charge < -0.3 is 10.1 Å². The molecule has 0 radical (unpaired) electrons. The summed E-state index contributed by atoms with van der Waals surface area (Å²) in [4.78, 5) is 24.0. The zero-order valence-electron chi connectivity index (χ0n) is 6.93. The molecule has 1 heterocycles. The van der Waals surface area contributed by atoms with E-state index in [1.54, 1.807) is 0 Å². The third-order valence-electron chi connectivity index (χ3n) is 1.77. The second-order valence-electron chi connectivity index (χ2n) is 2.48. The number of aromatic amines is 1. The lowest BCUT2D eigenvalue weighted by molar-refractivity contribution is 0.0693. The minimum Gasteiger partial charge on any atom is -0.478 e. The maximum atomic E-state index is 10.8. The van der Waals surface area contributed by atoms with Crippen LogP contribution in [0.1, 0.15) is 33.3 Å². The molecule has 0 atom stereocenters. The number of carboxylic acids is 1. The van der Waals surface area contributed by atoms with Gasteiger partial charge in [0, 0.05) is 0 Å². The van der Waals surface area contributed by atoms with Gasteiger partial charge in [-0.25, -0.2) is 4.79 Å². The standard InChI is InChI=1S/C8H8INO3/c1-2-4-6(8(12)13)5(3-11)10-7(4)9/h3,10H,2H2,1H3,(H,12,13). The van der Waals surface area contributed by atoms with Gasteiger partial charge >= 0.3 is 5.97 Å². The van der Waals surface area contributed by atoms with Crippen LogP contribution in [-0.2, 0) is 6.42 Å². The summed E-state index contributed by atoms with van der Waals surface area (Å²) in [5, 5.41) is 8.84. The predicted octanol–water partition coefficient (Wildman–Crippen LogP) is 1.69. The van der Waals surface area contributed by atoms with Crippen LogP contribution < -0.4 is 0 Å². The number of aldehydes is 1. The van der Waals surface area contributed by atoms with Crippen molar-refractivity contribution in [2.45, 2.75) is 13.3 Å². The van der Waals surface area contributed by atoms with Crippen molar-refractivity contribution in [1.82, 2.24) is 4.98 Å². The lowest BCUT2D eigenvalue weighted by Crippen LogP contribution is -2.02. The Bertz CT molecular complexity index is 357. The van der Waals surface area contributed by atoms with Crippen molar-refractivity contribution in [3.05, 3.63) is 20.5 Å². The average molecular weight is 293 g/mol. The van der Waals surface area contributed by atoms with E-state index in [4.69, 9.17) is 5.11 Å². The maximum absolute atomic E-state index is 10.8. The van der Waals surface area contributed by atoms with Crippen molar-refractivity contribution in [1.29, 1.82) is 0 Å². The number of aromatic nitrogens is 1. The second-order valence-corrected chi connectivity index (χ2v) is 3.56. The average Bonchev–Trinajstić information content (AvgIpc) is 2.41. The zero-order valence-corrected chi connectivity index (χ0v) is 9.08. The van der Waals surface area contributed by atoms with Gasteiger partial charge in [-0.3, -0.25) is 4.79 Å². The first kappa shape index (κ1) is 10.2. The molecule has 0 saturated heterocycles. The summed E-state index contributed by atoms with van der Waals surface area (Å²) < 4.78 is 0.722. The Morgan fingerprint density at radius 1 is 1.69 bits per heavy atom. The Morgan fingerprint density at radius 3 is 2.69 bits per heavy atom. The van der Waals surface area contributed by atoms with Crippen molar-refractivity contribution in [2.24, 2.45) is 0 Å². The van der Waals surface area contributed by atoms with Crippen LogP contribution >= 0.6 is 22.6 Å². The molecule has 0 unspecified atom stereocenters. The van der Waals surface area contributed by atoms with Gasteiger partial charge in [-0.2, -0.15) is 0 Å². The van der Waals surface area contributed by atoms with Gasteiger partial charge in [-0.05, 0) is 34.6 Å². The maximum Gasteiger partial charge on any atom is 0.338 e. The molecule has 1 aromatic rings. The molecule has 0 fully saturated rings. The van der Waals surface area contributed by atoms with Gasteiger partial charge in [0.25, 0.3) is 0 Å². The first-order chi connectivity index (χ1) is 6.11. The second kappa shape index (κ2) is 3.91. The van der Waals surface area contributed by atoms with E-state index >= 15 is 0 Å². The van der Waals surface area contributed by atoms with Crippen LogP contribution in [0, 0.1) is 3.70 Å². The number of hydrogen-bond acceptors (Lipinski definition) is 2. The summed E-state index contributed by atoms with van der Waals surface area (Å²) in [5.74, 6) is -1.06. The SMILES string of the molecule is CCc1c(I)[nH]c(C=O)c1C(=O)O. The number of carbonyl (C=O) groups excluding carboxylic acids is 1. The van der Waals surface area contributed by atoms with Crippen LogP contribution in [0.3, 0.4) is 0 Å². The predicted molar refractivity (Wildman–Crippen MR) is 55.2 cm³/mol. The normalized spacial score (nSPS) is 10.0. The molecule has 5 heteroatoms. The highest BCUT2D eigenvalue weighted by Crippen LogP contribution is 2.20. The molecule has 0 amide bonds. The molecule has 0 saturated carbocycles. The summed E-state index contributed by atoms with van der Waals surface area (Å²) in [6, 6.07) is 0. The van der Waals surface area contributed by atoms with E-state index < -0.39 is 5.97 Å². The van der Waals surface area contributed by atoms with Crippen LogP contribution in [0.2, 0.25) is 0 Å². The summed E-state index contributed by atoms with van der Waals surface area (Å²) in [6.45, 7) is 1.85. The van der Waals surface area contributed by atoms with E-state index in [9.17, 15) is 9.59 Å². The summed E-state index contributed by atoms with van der Waals surface area (Å²) in [7, 11) is 0. The van der Waals surface area contributed by atoms with Crippen LogP contribution in [0.25, 0.3) is 0 Å². The van der Waals surface area contributed by atoms with Gasteiger partial charge in [0.05, 0.1) is 15.0 Å². The van der Waals surface area contributed by atoms with E-state index in [0.29, 0.717) is 18.3 Å². The Morgan fingerprint density at radius 2 is 2.31 bits per heavy atom. The largest absolute Gasteiger partial charge is 0.478 e. The molecule has 0 spiro atoms. The van der Waals surface area contributed by atoms with Crippen molar-refractivity contribution in [3.8, 4) is 0 Å². The number of hydrogen-bond donors (Lipinski definition) is 2. The topological polar surface area (TPSA) is 70.2 Å². The fourth-order valence-corrected chi connectivity index (χ4v) is 2.13. The third-order valence-corrected chi connectivity index (χ3v) is 2.69. The van der Waals surface area contributed by atoms with Gasteiger partial charge in [-0.1, -0.05) is 6.92 Å². The van der Waals surface area contributed by atoms with Gasteiger partial charge in [0.2, 0.25) is 0 Å². The number of carbonyl (C=O) groups is 2.